The van der Waals surface area contributed by atoms with Crippen molar-refractivity contribution in [1.29, 1.82) is 0 Å². The molecule has 1 fully saturated rings. The summed E-state index contributed by atoms with van der Waals surface area (Å²) >= 11 is 0. The van der Waals surface area contributed by atoms with Crippen LogP contribution in [-0.4, -0.2) is 42.3 Å². The quantitative estimate of drug-likeness (QED) is 0.721. The Morgan fingerprint density at radius 1 is 1.07 bits per heavy atom. The average molecular weight is 408 g/mol. The number of carbonyl (C=O) groups is 3. The monoisotopic (exact) mass is 407 g/mol. The van der Waals surface area contributed by atoms with Crippen LogP contribution in [0.2, 0.25) is 0 Å². The molecule has 6 nitrogen and oxygen atoms in total. The molecule has 1 atom stereocenters. The maximum atomic E-state index is 12.9. The summed E-state index contributed by atoms with van der Waals surface area (Å²) in [4.78, 5) is 41.0. The summed E-state index contributed by atoms with van der Waals surface area (Å²) in [6.07, 6.45) is 2.23. The molecule has 0 aliphatic carbocycles. The first-order valence-electron chi connectivity index (χ1n) is 10.6. The first-order chi connectivity index (χ1) is 14.5. The number of amides is 3. The van der Waals surface area contributed by atoms with E-state index in [1.54, 1.807) is 34.1 Å². The summed E-state index contributed by atoms with van der Waals surface area (Å²) in [5, 5.41) is 2.88. The molecule has 2 aromatic carbocycles. The highest BCUT2D eigenvalue weighted by atomic mass is 16.2. The van der Waals surface area contributed by atoms with E-state index in [4.69, 9.17) is 0 Å². The van der Waals surface area contributed by atoms with Gasteiger partial charge in [-0.2, -0.15) is 0 Å². The third-order valence-corrected chi connectivity index (χ3v) is 5.40. The second-order valence-electron chi connectivity index (χ2n) is 7.55. The van der Waals surface area contributed by atoms with Crippen LogP contribution in [-0.2, 0) is 9.59 Å². The molecule has 6 heteroatoms. The third-order valence-electron chi connectivity index (χ3n) is 5.40. The number of unbranched alkanes of at least 4 members (excludes halogenated alkanes) is 1. The second-order valence-corrected chi connectivity index (χ2v) is 7.55. The Bertz CT molecular complexity index is 880. The molecule has 0 spiro atoms. The Morgan fingerprint density at radius 3 is 2.40 bits per heavy atom. The minimum atomic E-state index is -0.329. The molecule has 1 N–H and O–H groups in total. The number of hydrogen-bond acceptors (Lipinski definition) is 3. The summed E-state index contributed by atoms with van der Waals surface area (Å²) in [6.45, 7) is 5.77. The van der Waals surface area contributed by atoms with Gasteiger partial charge < -0.3 is 15.1 Å². The Hall–Kier alpha value is -3.15. The molecule has 0 radical (unpaired) electrons. The lowest BCUT2D eigenvalue weighted by Gasteiger charge is -2.21. The van der Waals surface area contributed by atoms with Gasteiger partial charge in [0.25, 0.3) is 5.91 Å². The summed E-state index contributed by atoms with van der Waals surface area (Å²) in [6, 6.07) is 16.4. The standard InChI is InChI=1S/C24H29N3O3/c1-3-5-15-26-17-19(16-22(26)28)23(29)25-20-13-11-18(12-14-20)24(30)27(4-2)21-9-7-6-8-10-21/h6-14,19H,3-5,15-17H2,1-2H3,(H,25,29). The Morgan fingerprint density at radius 2 is 1.77 bits per heavy atom. The van der Waals surface area contributed by atoms with E-state index in [0.29, 0.717) is 30.9 Å². The number of rotatable bonds is 8. The zero-order chi connectivity index (χ0) is 21.5. The molecule has 0 bridgehead atoms. The fraction of sp³-hybridized carbons (Fsp3) is 0.375. The Labute approximate surface area is 177 Å². The van der Waals surface area contributed by atoms with Crippen molar-refractivity contribution in [2.45, 2.75) is 33.1 Å². The van der Waals surface area contributed by atoms with Gasteiger partial charge in [-0.1, -0.05) is 31.5 Å². The number of anilines is 2. The highest BCUT2D eigenvalue weighted by Crippen LogP contribution is 2.22. The minimum Gasteiger partial charge on any atom is -0.342 e. The summed E-state index contributed by atoms with van der Waals surface area (Å²) < 4.78 is 0. The van der Waals surface area contributed by atoms with Crippen LogP contribution in [0.25, 0.3) is 0 Å². The van der Waals surface area contributed by atoms with E-state index in [9.17, 15) is 14.4 Å². The molecule has 1 saturated heterocycles. The molecule has 1 heterocycles. The van der Waals surface area contributed by atoms with Crippen LogP contribution in [0, 0.1) is 5.92 Å². The first-order valence-corrected chi connectivity index (χ1v) is 10.6. The predicted octanol–water partition coefficient (Wildman–Crippen LogP) is 3.94. The van der Waals surface area contributed by atoms with E-state index < -0.39 is 0 Å². The summed E-state index contributed by atoms with van der Waals surface area (Å²) in [5.74, 6) is -0.523. The molecular weight excluding hydrogens is 378 g/mol. The van der Waals surface area contributed by atoms with Gasteiger partial charge in [-0.05, 0) is 49.7 Å². The molecule has 1 unspecified atom stereocenters. The van der Waals surface area contributed by atoms with Crippen molar-refractivity contribution < 1.29 is 14.4 Å². The number of carbonyl (C=O) groups excluding carboxylic acids is 3. The van der Waals surface area contributed by atoms with Crippen molar-refractivity contribution in [3.05, 3.63) is 60.2 Å². The number of likely N-dealkylation sites (tertiary alicyclic amines) is 1. The summed E-state index contributed by atoms with van der Waals surface area (Å²) in [5.41, 5.74) is 2.03. The SMILES string of the molecule is CCCCN1CC(C(=O)Nc2ccc(C(=O)N(CC)c3ccccc3)cc2)CC1=O. The Kier molecular flexibility index (Phi) is 7.22. The fourth-order valence-electron chi connectivity index (χ4n) is 3.66. The number of nitrogens with one attached hydrogen (secondary N) is 1. The predicted molar refractivity (Wildman–Crippen MR) is 118 cm³/mol. The van der Waals surface area contributed by atoms with Gasteiger partial charge in [0, 0.05) is 43.0 Å². The third kappa shape index (κ3) is 5.06. The van der Waals surface area contributed by atoms with Gasteiger partial charge in [0.1, 0.15) is 0 Å². The van der Waals surface area contributed by atoms with Crippen LogP contribution in [0.1, 0.15) is 43.5 Å². The van der Waals surface area contributed by atoms with Crippen molar-refractivity contribution in [1.82, 2.24) is 4.90 Å². The molecule has 30 heavy (non-hydrogen) atoms. The zero-order valence-corrected chi connectivity index (χ0v) is 17.6. The smallest absolute Gasteiger partial charge is 0.258 e. The van der Waals surface area contributed by atoms with Gasteiger partial charge in [-0.15, -0.1) is 0 Å². The number of para-hydroxylation sites is 1. The van der Waals surface area contributed by atoms with Gasteiger partial charge in [0.05, 0.1) is 5.92 Å². The lowest BCUT2D eigenvalue weighted by atomic mass is 10.1. The minimum absolute atomic E-state index is 0.0464. The van der Waals surface area contributed by atoms with Gasteiger partial charge >= 0.3 is 0 Å². The van der Waals surface area contributed by atoms with Gasteiger partial charge in [-0.25, -0.2) is 0 Å². The molecule has 0 aromatic heterocycles. The molecular formula is C24H29N3O3. The van der Waals surface area contributed by atoms with Crippen LogP contribution in [0.15, 0.2) is 54.6 Å². The van der Waals surface area contributed by atoms with Crippen molar-refractivity contribution >= 4 is 29.1 Å². The van der Waals surface area contributed by atoms with E-state index in [-0.39, 0.29) is 30.1 Å². The van der Waals surface area contributed by atoms with E-state index in [2.05, 4.69) is 12.2 Å². The topological polar surface area (TPSA) is 69.7 Å². The molecule has 0 saturated carbocycles. The van der Waals surface area contributed by atoms with E-state index in [1.807, 2.05) is 37.3 Å². The van der Waals surface area contributed by atoms with Gasteiger partial charge in [0.15, 0.2) is 0 Å². The maximum absolute atomic E-state index is 12.9. The van der Waals surface area contributed by atoms with Crippen LogP contribution in [0.4, 0.5) is 11.4 Å². The van der Waals surface area contributed by atoms with Crippen LogP contribution >= 0.6 is 0 Å². The lowest BCUT2D eigenvalue weighted by molar-refractivity contribution is -0.128. The van der Waals surface area contributed by atoms with Crippen molar-refractivity contribution in [2.24, 2.45) is 5.92 Å². The largest absolute Gasteiger partial charge is 0.342 e. The van der Waals surface area contributed by atoms with Gasteiger partial charge in [0.2, 0.25) is 11.8 Å². The molecule has 1 aliphatic rings. The first kappa shape index (κ1) is 21.6. The number of hydrogen-bond donors (Lipinski definition) is 1. The molecule has 3 rings (SSSR count). The number of benzene rings is 2. The van der Waals surface area contributed by atoms with Crippen molar-refractivity contribution in [2.75, 3.05) is 29.9 Å². The highest BCUT2D eigenvalue weighted by molar-refractivity contribution is 6.06. The van der Waals surface area contributed by atoms with E-state index in [1.165, 1.54) is 0 Å². The second kappa shape index (κ2) is 10.1. The fourth-order valence-corrected chi connectivity index (χ4v) is 3.66. The van der Waals surface area contributed by atoms with Crippen LogP contribution in [0.3, 0.4) is 0 Å². The molecule has 3 amide bonds. The van der Waals surface area contributed by atoms with E-state index >= 15 is 0 Å². The van der Waals surface area contributed by atoms with Crippen LogP contribution < -0.4 is 10.2 Å². The Balaban J connectivity index is 1.61. The lowest BCUT2D eigenvalue weighted by Crippen LogP contribution is -2.30. The molecule has 158 valence electrons. The molecule has 1 aliphatic heterocycles. The van der Waals surface area contributed by atoms with Crippen molar-refractivity contribution in [3.63, 3.8) is 0 Å². The number of nitrogens with zero attached hydrogens (tertiary/aromatic N) is 2. The zero-order valence-electron chi connectivity index (χ0n) is 17.6. The summed E-state index contributed by atoms with van der Waals surface area (Å²) in [7, 11) is 0. The van der Waals surface area contributed by atoms with E-state index in [0.717, 1.165) is 18.5 Å². The maximum Gasteiger partial charge on any atom is 0.258 e. The highest BCUT2D eigenvalue weighted by Gasteiger charge is 2.33. The molecule has 2 aromatic rings. The van der Waals surface area contributed by atoms with Crippen molar-refractivity contribution in [3.8, 4) is 0 Å². The normalized spacial score (nSPS) is 15.9. The van der Waals surface area contributed by atoms with Crippen LogP contribution in [0.5, 0.6) is 0 Å². The average Bonchev–Trinajstić information content (AvgIpc) is 3.14. The van der Waals surface area contributed by atoms with Gasteiger partial charge in [-0.3, -0.25) is 14.4 Å².